The van der Waals surface area contributed by atoms with E-state index in [9.17, 15) is 0 Å². The SMILES string of the molecule is CN(C)CCN1CCCC1CNC1CC1. The Balaban J connectivity index is 1.66. The minimum Gasteiger partial charge on any atom is -0.312 e. The molecule has 2 rings (SSSR count). The highest BCUT2D eigenvalue weighted by Gasteiger charge is 2.27. The van der Waals surface area contributed by atoms with Crippen molar-refractivity contribution in [1.82, 2.24) is 15.1 Å². The Morgan fingerprint density at radius 1 is 1.27 bits per heavy atom. The molecule has 0 radical (unpaired) electrons. The lowest BCUT2D eigenvalue weighted by Crippen LogP contribution is -2.41. The second-order valence-corrected chi connectivity index (χ2v) is 5.32. The maximum atomic E-state index is 3.66. The Labute approximate surface area is 93.8 Å². The van der Waals surface area contributed by atoms with E-state index in [1.54, 1.807) is 0 Å². The van der Waals surface area contributed by atoms with Crippen LogP contribution in [0.15, 0.2) is 0 Å². The van der Waals surface area contributed by atoms with Crippen LogP contribution in [0.5, 0.6) is 0 Å². The van der Waals surface area contributed by atoms with Gasteiger partial charge in [-0.15, -0.1) is 0 Å². The van der Waals surface area contributed by atoms with Gasteiger partial charge >= 0.3 is 0 Å². The zero-order valence-corrected chi connectivity index (χ0v) is 10.2. The Hall–Kier alpha value is -0.120. The van der Waals surface area contributed by atoms with E-state index in [1.165, 1.54) is 51.9 Å². The highest BCUT2D eigenvalue weighted by atomic mass is 15.2. The number of likely N-dealkylation sites (tertiary alicyclic amines) is 1. The largest absolute Gasteiger partial charge is 0.312 e. The lowest BCUT2D eigenvalue weighted by molar-refractivity contribution is 0.221. The van der Waals surface area contributed by atoms with Gasteiger partial charge in [0.1, 0.15) is 0 Å². The summed E-state index contributed by atoms with van der Waals surface area (Å²) in [6.07, 6.45) is 5.60. The highest BCUT2D eigenvalue weighted by Crippen LogP contribution is 2.21. The predicted octanol–water partition coefficient (Wildman–Crippen LogP) is 0.764. The number of likely N-dealkylation sites (N-methyl/N-ethyl adjacent to an activating group) is 1. The van der Waals surface area contributed by atoms with Gasteiger partial charge in [-0.3, -0.25) is 4.90 Å². The summed E-state index contributed by atoms with van der Waals surface area (Å²) >= 11 is 0. The molecule has 2 fully saturated rings. The minimum absolute atomic E-state index is 0.811. The van der Waals surface area contributed by atoms with Crippen LogP contribution in [0.4, 0.5) is 0 Å². The van der Waals surface area contributed by atoms with Crippen molar-refractivity contribution in [3.63, 3.8) is 0 Å². The number of hydrogen-bond donors (Lipinski definition) is 1. The number of hydrogen-bond acceptors (Lipinski definition) is 3. The van der Waals surface area contributed by atoms with E-state index < -0.39 is 0 Å². The van der Waals surface area contributed by atoms with Gasteiger partial charge in [0.15, 0.2) is 0 Å². The van der Waals surface area contributed by atoms with Crippen molar-refractivity contribution in [1.29, 1.82) is 0 Å². The zero-order valence-electron chi connectivity index (χ0n) is 10.2. The highest BCUT2D eigenvalue weighted by molar-refractivity contribution is 4.86. The first-order valence-electron chi connectivity index (χ1n) is 6.38. The summed E-state index contributed by atoms with van der Waals surface area (Å²) in [5.41, 5.74) is 0. The fourth-order valence-corrected chi connectivity index (χ4v) is 2.34. The molecule has 1 heterocycles. The second kappa shape index (κ2) is 5.28. The molecule has 88 valence electrons. The predicted molar refractivity (Wildman–Crippen MR) is 64.2 cm³/mol. The van der Waals surface area contributed by atoms with Gasteiger partial charge in [-0.1, -0.05) is 0 Å². The topological polar surface area (TPSA) is 18.5 Å². The minimum atomic E-state index is 0.811. The van der Waals surface area contributed by atoms with E-state index in [0.717, 1.165) is 12.1 Å². The third kappa shape index (κ3) is 3.74. The molecule has 0 aromatic heterocycles. The van der Waals surface area contributed by atoms with E-state index in [2.05, 4.69) is 29.2 Å². The summed E-state index contributed by atoms with van der Waals surface area (Å²) in [5.74, 6) is 0. The Kier molecular flexibility index (Phi) is 4.00. The molecule has 3 heteroatoms. The molecule has 1 saturated carbocycles. The summed E-state index contributed by atoms with van der Waals surface area (Å²) in [6.45, 7) is 4.97. The van der Waals surface area contributed by atoms with Crippen molar-refractivity contribution in [3.8, 4) is 0 Å². The van der Waals surface area contributed by atoms with E-state index in [4.69, 9.17) is 0 Å². The van der Waals surface area contributed by atoms with Crippen LogP contribution in [0.2, 0.25) is 0 Å². The van der Waals surface area contributed by atoms with Crippen LogP contribution < -0.4 is 5.32 Å². The zero-order chi connectivity index (χ0) is 10.7. The number of nitrogens with one attached hydrogen (secondary N) is 1. The molecule has 1 saturated heterocycles. The standard InChI is InChI=1S/C12H25N3/c1-14(2)8-9-15-7-3-4-12(15)10-13-11-5-6-11/h11-13H,3-10H2,1-2H3. The first-order valence-corrected chi connectivity index (χ1v) is 6.38. The van der Waals surface area contributed by atoms with Crippen LogP contribution in [0, 0.1) is 0 Å². The average molecular weight is 211 g/mol. The van der Waals surface area contributed by atoms with Crippen LogP contribution in [0.25, 0.3) is 0 Å². The average Bonchev–Trinajstić information content (AvgIpc) is 2.92. The van der Waals surface area contributed by atoms with E-state index in [0.29, 0.717) is 0 Å². The summed E-state index contributed by atoms with van der Waals surface area (Å²) in [6, 6.07) is 1.67. The fourth-order valence-electron chi connectivity index (χ4n) is 2.34. The third-order valence-electron chi connectivity index (χ3n) is 3.55. The quantitative estimate of drug-likeness (QED) is 0.700. The van der Waals surface area contributed by atoms with Crippen molar-refractivity contribution >= 4 is 0 Å². The Bertz CT molecular complexity index is 177. The molecule has 1 unspecified atom stereocenters. The Morgan fingerprint density at radius 3 is 2.73 bits per heavy atom. The molecule has 2 aliphatic rings. The summed E-state index contributed by atoms with van der Waals surface area (Å²) in [5, 5.41) is 3.66. The van der Waals surface area contributed by atoms with Crippen LogP contribution in [0.1, 0.15) is 25.7 Å². The van der Waals surface area contributed by atoms with E-state index in [1.807, 2.05) is 0 Å². The van der Waals surface area contributed by atoms with Crippen molar-refractivity contribution in [2.45, 2.75) is 37.8 Å². The van der Waals surface area contributed by atoms with Gasteiger partial charge in [0.25, 0.3) is 0 Å². The second-order valence-electron chi connectivity index (χ2n) is 5.32. The van der Waals surface area contributed by atoms with Gasteiger partial charge in [-0.25, -0.2) is 0 Å². The van der Waals surface area contributed by atoms with E-state index in [-0.39, 0.29) is 0 Å². The van der Waals surface area contributed by atoms with Crippen molar-refractivity contribution in [3.05, 3.63) is 0 Å². The molecule has 1 N–H and O–H groups in total. The molecule has 0 amide bonds. The first kappa shape index (κ1) is 11.4. The van der Waals surface area contributed by atoms with Gasteiger partial charge in [-0.2, -0.15) is 0 Å². The molecule has 1 aliphatic heterocycles. The maximum absolute atomic E-state index is 3.66. The molecule has 1 aliphatic carbocycles. The number of nitrogens with zero attached hydrogens (tertiary/aromatic N) is 2. The molecule has 0 bridgehead atoms. The maximum Gasteiger partial charge on any atom is 0.0221 e. The number of rotatable bonds is 6. The smallest absolute Gasteiger partial charge is 0.0221 e. The van der Waals surface area contributed by atoms with Crippen LogP contribution >= 0.6 is 0 Å². The lowest BCUT2D eigenvalue weighted by Gasteiger charge is -2.26. The van der Waals surface area contributed by atoms with Gasteiger partial charge in [0, 0.05) is 31.7 Å². The molecule has 0 spiro atoms. The third-order valence-corrected chi connectivity index (χ3v) is 3.55. The molecule has 1 atom stereocenters. The van der Waals surface area contributed by atoms with Crippen LogP contribution in [0.3, 0.4) is 0 Å². The van der Waals surface area contributed by atoms with Crippen molar-refractivity contribution in [2.24, 2.45) is 0 Å². The molecule has 0 aromatic rings. The molecule has 0 aromatic carbocycles. The molecular formula is C12H25N3. The molecule has 3 nitrogen and oxygen atoms in total. The van der Waals surface area contributed by atoms with Gasteiger partial charge in [0.05, 0.1) is 0 Å². The monoisotopic (exact) mass is 211 g/mol. The van der Waals surface area contributed by atoms with Gasteiger partial charge in [-0.05, 0) is 46.3 Å². The van der Waals surface area contributed by atoms with Gasteiger partial charge in [0.2, 0.25) is 0 Å². The fraction of sp³-hybridized carbons (Fsp3) is 1.00. The van der Waals surface area contributed by atoms with E-state index >= 15 is 0 Å². The van der Waals surface area contributed by atoms with Crippen LogP contribution in [-0.4, -0.2) is 62.2 Å². The molecular weight excluding hydrogens is 186 g/mol. The Morgan fingerprint density at radius 2 is 2.07 bits per heavy atom. The molecule has 15 heavy (non-hydrogen) atoms. The van der Waals surface area contributed by atoms with Gasteiger partial charge < -0.3 is 10.2 Å². The lowest BCUT2D eigenvalue weighted by atomic mass is 10.2. The first-order chi connectivity index (χ1) is 7.25. The summed E-state index contributed by atoms with van der Waals surface area (Å²) < 4.78 is 0. The van der Waals surface area contributed by atoms with Crippen molar-refractivity contribution in [2.75, 3.05) is 40.3 Å². The summed E-state index contributed by atoms with van der Waals surface area (Å²) in [4.78, 5) is 4.94. The van der Waals surface area contributed by atoms with Crippen molar-refractivity contribution < 1.29 is 0 Å². The summed E-state index contributed by atoms with van der Waals surface area (Å²) in [7, 11) is 4.32. The van der Waals surface area contributed by atoms with Crippen LogP contribution in [-0.2, 0) is 0 Å². The normalized spacial score (nSPS) is 27.8.